The zero-order valence-electron chi connectivity index (χ0n) is 16.4. The number of hydrogen-bond donors (Lipinski definition) is 1. The number of anilines is 1. The van der Waals surface area contributed by atoms with Crippen LogP contribution in [0.2, 0.25) is 0 Å². The van der Waals surface area contributed by atoms with Gasteiger partial charge in [0.2, 0.25) is 5.89 Å². The number of nitrogens with zero attached hydrogens (tertiary/aromatic N) is 5. The van der Waals surface area contributed by atoms with Crippen molar-refractivity contribution in [3.05, 3.63) is 24.1 Å². The number of rotatable bonds is 5. The Morgan fingerprint density at radius 2 is 1.94 bits per heavy atom. The number of ether oxygens (including phenoxy) is 1. The molecular formula is C19H20F3N5O4. The van der Waals surface area contributed by atoms with Crippen molar-refractivity contribution in [2.24, 2.45) is 5.92 Å². The molecule has 12 heteroatoms. The van der Waals surface area contributed by atoms with Crippen molar-refractivity contribution in [1.82, 2.24) is 20.2 Å². The van der Waals surface area contributed by atoms with Gasteiger partial charge in [-0.25, -0.2) is 9.61 Å². The fourth-order valence-corrected chi connectivity index (χ4v) is 3.98. The number of morpholine rings is 1. The monoisotopic (exact) mass is 439 g/mol. The first kappa shape index (κ1) is 20.2. The van der Waals surface area contributed by atoms with E-state index in [0.29, 0.717) is 22.5 Å². The van der Waals surface area contributed by atoms with Crippen molar-refractivity contribution >= 4 is 16.7 Å². The van der Waals surface area contributed by atoms with Gasteiger partial charge in [-0.05, 0) is 22.4 Å². The quantitative estimate of drug-likeness (QED) is 0.641. The second kappa shape index (κ2) is 7.77. The zero-order chi connectivity index (χ0) is 21.6. The standard InChI is InChI=1S/C19H20F3N5O4/c20-19(21,22)17(28)14-10-30-18(23-14)12-5-13-16(25-31-24-13)15(6-12)27-8-11(9-27)7-26-1-3-29-4-2-26/h5-6,10-11,17,28H,1-4,7-9H2. The highest BCUT2D eigenvalue weighted by atomic mass is 19.4. The number of aliphatic hydroxyl groups is 1. The predicted octanol–water partition coefficient (Wildman–Crippen LogP) is 2.24. The summed E-state index contributed by atoms with van der Waals surface area (Å²) >= 11 is 0. The Hall–Kier alpha value is -2.70. The molecule has 0 aliphatic carbocycles. The van der Waals surface area contributed by atoms with Crippen LogP contribution in [0.3, 0.4) is 0 Å². The molecule has 166 valence electrons. The molecule has 0 bridgehead atoms. The van der Waals surface area contributed by atoms with Crippen LogP contribution in [-0.2, 0) is 4.74 Å². The second-order valence-corrected chi connectivity index (χ2v) is 7.83. The van der Waals surface area contributed by atoms with Gasteiger partial charge in [-0.15, -0.1) is 0 Å². The van der Waals surface area contributed by atoms with Gasteiger partial charge >= 0.3 is 6.18 Å². The fourth-order valence-electron chi connectivity index (χ4n) is 3.98. The molecule has 0 amide bonds. The van der Waals surface area contributed by atoms with E-state index in [0.717, 1.165) is 57.9 Å². The first-order valence-corrected chi connectivity index (χ1v) is 9.90. The zero-order valence-corrected chi connectivity index (χ0v) is 16.4. The van der Waals surface area contributed by atoms with Crippen molar-refractivity contribution in [3.8, 4) is 11.5 Å². The molecule has 2 aliphatic rings. The highest BCUT2D eigenvalue weighted by Crippen LogP contribution is 2.37. The van der Waals surface area contributed by atoms with Gasteiger partial charge in [0.1, 0.15) is 17.5 Å². The lowest BCUT2D eigenvalue weighted by atomic mass is 9.97. The van der Waals surface area contributed by atoms with E-state index in [4.69, 9.17) is 13.8 Å². The van der Waals surface area contributed by atoms with Gasteiger partial charge in [0, 0.05) is 44.2 Å². The summed E-state index contributed by atoms with van der Waals surface area (Å²) in [5.41, 5.74) is 1.59. The first-order valence-electron chi connectivity index (χ1n) is 9.90. The number of aromatic nitrogens is 3. The molecule has 1 atom stereocenters. The lowest BCUT2D eigenvalue weighted by Crippen LogP contribution is -2.53. The lowest BCUT2D eigenvalue weighted by molar-refractivity contribution is -0.207. The van der Waals surface area contributed by atoms with Gasteiger partial charge in [-0.3, -0.25) is 4.90 Å². The van der Waals surface area contributed by atoms with E-state index < -0.39 is 18.0 Å². The van der Waals surface area contributed by atoms with Gasteiger partial charge < -0.3 is 19.2 Å². The molecule has 0 radical (unpaired) electrons. The minimum absolute atomic E-state index is 0.0464. The maximum atomic E-state index is 12.8. The molecule has 2 aliphatic heterocycles. The van der Waals surface area contributed by atoms with Gasteiger partial charge in [-0.1, -0.05) is 0 Å². The number of aliphatic hydroxyl groups excluding tert-OH is 1. The number of alkyl halides is 3. The summed E-state index contributed by atoms with van der Waals surface area (Å²) in [5, 5.41) is 17.2. The summed E-state index contributed by atoms with van der Waals surface area (Å²) in [7, 11) is 0. The van der Waals surface area contributed by atoms with Gasteiger partial charge in [0.15, 0.2) is 11.6 Å². The van der Waals surface area contributed by atoms with Crippen LogP contribution < -0.4 is 4.90 Å². The molecular weight excluding hydrogens is 419 g/mol. The number of hydrogen-bond acceptors (Lipinski definition) is 9. The molecule has 4 heterocycles. The van der Waals surface area contributed by atoms with Crippen LogP contribution in [0, 0.1) is 5.92 Å². The topological polar surface area (TPSA) is 101 Å². The molecule has 5 rings (SSSR count). The van der Waals surface area contributed by atoms with E-state index in [1.165, 1.54) is 0 Å². The van der Waals surface area contributed by atoms with Crippen molar-refractivity contribution in [2.75, 3.05) is 50.8 Å². The number of halogens is 3. The molecule has 31 heavy (non-hydrogen) atoms. The van der Waals surface area contributed by atoms with Crippen LogP contribution in [0.25, 0.3) is 22.5 Å². The molecule has 2 fully saturated rings. The minimum Gasteiger partial charge on any atom is -0.444 e. The van der Waals surface area contributed by atoms with E-state index in [1.54, 1.807) is 12.1 Å². The Morgan fingerprint density at radius 1 is 1.16 bits per heavy atom. The van der Waals surface area contributed by atoms with Crippen LogP contribution >= 0.6 is 0 Å². The average Bonchev–Trinajstić information content (AvgIpc) is 3.38. The Kier molecular flexibility index (Phi) is 5.07. The van der Waals surface area contributed by atoms with E-state index in [9.17, 15) is 18.3 Å². The summed E-state index contributed by atoms with van der Waals surface area (Å²) in [6.45, 7) is 5.98. The minimum atomic E-state index is -4.83. The molecule has 1 unspecified atom stereocenters. The Morgan fingerprint density at radius 3 is 2.68 bits per heavy atom. The molecule has 3 aromatic rings. The third-order valence-corrected chi connectivity index (χ3v) is 5.62. The number of benzene rings is 1. The van der Waals surface area contributed by atoms with Gasteiger partial charge in [-0.2, -0.15) is 13.2 Å². The largest absolute Gasteiger partial charge is 0.444 e. The van der Waals surface area contributed by atoms with Gasteiger partial charge in [0.05, 0.1) is 18.9 Å². The Bertz CT molecular complexity index is 1060. The van der Waals surface area contributed by atoms with Crippen molar-refractivity contribution in [3.63, 3.8) is 0 Å². The summed E-state index contributed by atoms with van der Waals surface area (Å²) in [6, 6.07) is 3.32. The van der Waals surface area contributed by atoms with Crippen LogP contribution in [0.5, 0.6) is 0 Å². The maximum absolute atomic E-state index is 12.8. The highest BCUT2D eigenvalue weighted by Gasteiger charge is 2.41. The predicted molar refractivity (Wildman–Crippen MR) is 101 cm³/mol. The smallest absolute Gasteiger partial charge is 0.420 e. The molecule has 0 spiro atoms. The fraction of sp³-hybridized carbons (Fsp3) is 0.526. The van der Waals surface area contributed by atoms with Crippen LogP contribution in [0.15, 0.2) is 27.4 Å². The van der Waals surface area contributed by atoms with E-state index >= 15 is 0 Å². The summed E-state index contributed by atoms with van der Waals surface area (Å²) in [5.74, 6) is 0.446. The van der Waals surface area contributed by atoms with Gasteiger partial charge in [0.25, 0.3) is 0 Å². The van der Waals surface area contributed by atoms with E-state index in [-0.39, 0.29) is 5.89 Å². The molecule has 2 aromatic heterocycles. The van der Waals surface area contributed by atoms with Crippen LogP contribution in [0.4, 0.5) is 18.9 Å². The summed E-state index contributed by atoms with van der Waals surface area (Å²) < 4.78 is 53.7. The lowest BCUT2D eigenvalue weighted by Gasteiger charge is -2.43. The Balaban J connectivity index is 1.36. The molecule has 2 saturated heterocycles. The Labute approximate surface area is 174 Å². The number of fused-ring (bicyclic) bond motifs is 1. The molecule has 1 N–H and O–H groups in total. The maximum Gasteiger partial charge on any atom is 0.420 e. The van der Waals surface area contributed by atoms with Crippen molar-refractivity contribution in [1.29, 1.82) is 0 Å². The van der Waals surface area contributed by atoms with E-state index in [1.807, 2.05) is 0 Å². The van der Waals surface area contributed by atoms with Crippen molar-refractivity contribution < 1.29 is 32.1 Å². The molecule has 9 nitrogen and oxygen atoms in total. The first-order chi connectivity index (χ1) is 14.9. The van der Waals surface area contributed by atoms with Crippen molar-refractivity contribution in [2.45, 2.75) is 12.3 Å². The highest BCUT2D eigenvalue weighted by molar-refractivity contribution is 5.92. The van der Waals surface area contributed by atoms with Crippen LogP contribution in [-0.4, -0.2) is 77.4 Å². The number of oxazole rings is 1. The molecule has 1 aromatic carbocycles. The average molecular weight is 439 g/mol. The normalized spacial score (nSPS) is 19.7. The van der Waals surface area contributed by atoms with E-state index in [2.05, 4.69) is 25.1 Å². The third-order valence-electron chi connectivity index (χ3n) is 5.62. The molecule has 0 saturated carbocycles. The summed E-state index contributed by atoms with van der Waals surface area (Å²) in [4.78, 5) is 8.33. The second-order valence-electron chi connectivity index (χ2n) is 7.83. The third kappa shape index (κ3) is 3.98. The summed E-state index contributed by atoms with van der Waals surface area (Å²) in [6.07, 6.45) is -6.73. The van der Waals surface area contributed by atoms with Crippen LogP contribution in [0.1, 0.15) is 11.8 Å². The SMILES string of the molecule is OC(c1coc(-c2cc(N3CC(CN4CCOCC4)C3)c3nonc3c2)n1)C(F)(F)F.